The van der Waals surface area contributed by atoms with Crippen molar-refractivity contribution in [2.24, 2.45) is 11.8 Å². The first-order valence-corrected chi connectivity index (χ1v) is 11.1. The lowest BCUT2D eigenvalue weighted by molar-refractivity contribution is -0.128. The number of nitrogens with zero attached hydrogens (tertiary/aromatic N) is 1. The maximum absolute atomic E-state index is 12.7. The minimum Gasteiger partial charge on any atom is -0.352 e. The smallest absolute Gasteiger partial charge is 0.324 e. The van der Waals surface area contributed by atoms with Crippen molar-refractivity contribution in [2.75, 3.05) is 6.54 Å². The highest BCUT2D eigenvalue weighted by molar-refractivity contribution is 6.04. The van der Waals surface area contributed by atoms with Crippen LogP contribution < -0.4 is 10.6 Å². The van der Waals surface area contributed by atoms with Crippen molar-refractivity contribution in [2.45, 2.75) is 69.9 Å². The summed E-state index contributed by atoms with van der Waals surface area (Å²) in [6.45, 7) is 2.36. The van der Waals surface area contributed by atoms with E-state index < -0.39 is 6.04 Å². The Kier molecular flexibility index (Phi) is 5.88. The predicted octanol–water partition coefficient (Wildman–Crippen LogP) is 3.19. The van der Waals surface area contributed by atoms with Gasteiger partial charge in [0.15, 0.2) is 0 Å². The molecule has 5 atom stereocenters. The molecule has 1 saturated heterocycles. The average Bonchev–Trinajstić information content (AvgIpc) is 2.99. The van der Waals surface area contributed by atoms with Crippen molar-refractivity contribution in [3.8, 4) is 0 Å². The molecule has 0 bridgehead atoms. The first-order valence-electron chi connectivity index (χ1n) is 11.1. The monoisotopic (exact) mass is 397 g/mol. The number of nitrogens with one attached hydrogen (secondary N) is 2. The number of benzene rings is 1. The van der Waals surface area contributed by atoms with Crippen LogP contribution in [-0.2, 0) is 9.59 Å². The van der Waals surface area contributed by atoms with Crippen LogP contribution in [0.1, 0.15) is 63.4 Å². The van der Waals surface area contributed by atoms with Gasteiger partial charge in [0.2, 0.25) is 5.91 Å². The quantitative estimate of drug-likeness (QED) is 0.694. The molecule has 0 spiro atoms. The van der Waals surface area contributed by atoms with Crippen molar-refractivity contribution in [1.29, 1.82) is 0 Å². The highest BCUT2D eigenvalue weighted by atomic mass is 16.2. The molecular formula is C23H31N3O3. The Labute approximate surface area is 172 Å². The van der Waals surface area contributed by atoms with E-state index in [0.29, 0.717) is 30.7 Å². The zero-order valence-corrected chi connectivity index (χ0v) is 17.1. The third kappa shape index (κ3) is 3.89. The van der Waals surface area contributed by atoms with E-state index >= 15 is 0 Å². The molecule has 0 unspecified atom stereocenters. The molecular weight excluding hydrogens is 366 g/mol. The van der Waals surface area contributed by atoms with Gasteiger partial charge in [0.1, 0.15) is 6.04 Å². The molecule has 3 aliphatic rings. The molecule has 4 rings (SSSR count). The predicted molar refractivity (Wildman–Crippen MR) is 110 cm³/mol. The van der Waals surface area contributed by atoms with E-state index in [1.54, 1.807) is 0 Å². The minimum absolute atomic E-state index is 0.0176. The normalized spacial score (nSPS) is 31.1. The van der Waals surface area contributed by atoms with Crippen LogP contribution in [0.25, 0.3) is 0 Å². The molecule has 29 heavy (non-hydrogen) atoms. The Morgan fingerprint density at radius 3 is 2.59 bits per heavy atom. The minimum atomic E-state index is -0.575. The Balaban J connectivity index is 1.35. The first-order chi connectivity index (χ1) is 14.1. The van der Waals surface area contributed by atoms with Gasteiger partial charge in [-0.15, -0.1) is 0 Å². The average molecular weight is 398 g/mol. The Hall–Kier alpha value is -2.37. The summed E-state index contributed by atoms with van der Waals surface area (Å²) in [4.78, 5) is 38.2. The molecule has 2 aliphatic carbocycles. The zero-order valence-electron chi connectivity index (χ0n) is 17.1. The number of imide groups is 1. The van der Waals surface area contributed by atoms with Gasteiger partial charge < -0.3 is 10.6 Å². The SMILES string of the molecule is CCCN1C(=O)N[C@H](CCC(=O)N[C@H]2[C@H]3CCCC[C@H]3[C@@H]2c2ccccc2)C1=O. The van der Waals surface area contributed by atoms with Gasteiger partial charge >= 0.3 is 6.03 Å². The van der Waals surface area contributed by atoms with E-state index in [4.69, 9.17) is 0 Å². The second-order valence-electron chi connectivity index (χ2n) is 8.67. The van der Waals surface area contributed by atoms with Gasteiger partial charge in [0.05, 0.1) is 0 Å². The fraction of sp³-hybridized carbons (Fsp3) is 0.609. The van der Waals surface area contributed by atoms with E-state index in [-0.39, 0.29) is 30.3 Å². The fourth-order valence-corrected chi connectivity index (χ4v) is 5.54. The van der Waals surface area contributed by atoms with Crippen molar-refractivity contribution < 1.29 is 14.4 Å². The zero-order chi connectivity index (χ0) is 20.4. The summed E-state index contributed by atoms with van der Waals surface area (Å²) in [7, 11) is 0. The molecule has 0 aromatic heterocycles. The van der Waals surface area contributed by atoms with Crippen molar-refractivity contribution in [3.05, 3.63) is 35.9 Å². The van der Waals surface area contributed by atoms with E-state index in [9.17, 15) is 14.4 Å². The van der Waals surface area contributed by atoms with Gasteiger partial charge in [-0.05, 0) is 43.1 Å². The fourth-order valence-electron chi connectivity index (χ4n) is 5.54. The molecule has 1 heterocycles. The van der Waals surface area contributed by atoms with E-state index in [1.165, 1.54) is 36.1 Å². The number of hydrogen-bond donors (Lipinski definition) is 2. The maximum Gasteiger partial charge on any atom is 0.324 e. The molecule has 6 nitrogen and oxygen atoms in total. The Morgan fingerprint density at radius 2 is 1.86 bits per heavy atom. The van der Waals surface area contributed by atoms with Gasteiger partial charge in [-0.25, -0.2) is 4.79 Å². The van der Waals surface area contributed by atoms with E-state index in [2.05, 4.69) is 34.9 Å². The number of carbonyl (C=O) groups excluding carboxylic acids is 3. The number of carbonyl (C=O) groups is 3. The molecule has 1 aromatic rings. The summed E-state index contributed by atoms with van der Waals surface area (Å²) in [6, 6.07) is 9.78. The number of urea groups is 1. The van der Waals surface area contributed by atoms with Gasteiger partial charge in [0.25, 0.3) is 5.91 Å². The lowest BCUT2D eigenvalue weighted by Gasteiger charge is -2.55. The third-order valence-electron chi connectivity index (χ3n) is 6.91. The van der Waals surface area contributed by atoms with Crippen molar-refractivity contribution >= 4 is 17.8 Å². The lowest BCUT2D eigenvalue weighted by atomic mass is 9.53. The molecule has 2 saturated carbocycles. The largest absolute Gasteiger partial charge is 0.352 e. The Morgan fingerprint density at radius 1 is 1.14 bits per heavy atom. The summed E-state index contributed by atoms with van der Waals surface area (Å²) >= 11 is 0. The van der Waals surface area contributed by atoms with Crippen LogP contribution >= 0.6 is 0 Å². The lowest BCUT2D eigenvalue weighted by Crippen LogP contribution is -2.59. The molecule has 2 N–H and O–H groups in total. The van der Waals surface area contributed by atoms with Crippen LogP contribution in [0.5, 0.6) is 0 Å². The molecule has 156 valence electrons. The Bertz CT molecular complexity index is 766. The summed E-state index contributed by atoms with van der Waals surface area (Å²) in [5.41, 5.74) is 1.31. The second-order valence-corrected chi connectivity index (χ2v) is 8.67. The molecule has 6 heteroatoms. The van der Waals surface area contributed by atoms with E-state index in [0.717, 1.165) is 6.42 Å². The number of rotatable bonds is 7. The van der Waals surface area contributed by atoms with Gasteiger partial charge in [-0.1, -0.05) is 50.1 Å². The maximum atomic E-state index is 12.7. The number of amides is 4. The summed E-state index contributed by atoms with van der Waals surface area (Å²) in [5, 5.41) is 5.99. The molecule has 1 aliphatic heterocycles. The summed E-state index contributed by atoms with van der Waals surface area (Å²) in [6.07, 6.45) is 6.29. The summed E-state index contributed by atoms with van der Waals surface area (Å²) in [5.74, 6) is 1.39. The number of hydrogen-bond acceptors (Lipinski definition) is 3. The molecule has 1 aromatic carbocycles. The van der Waals surface area contributed by atoms with Gasteiger partial charge in [0, 0.05) is 24.9 Å². The van der Waals surface area contributed by atoms with Crippen molar-refractivity contribution in [3.63, 3.8) is 0 Å². The van der Waals surface area contributed by atoms with Crippen LogP contribution in [-0.4, -0.2) is 41.4 Å². The van der Waals surface area contributed by atoms with Crippen LogP contribution in [0, 0.1) is 11.8 Å². The van der Waals surface area contributed by atoms with Crippen LogP contribution in [0.15, 0.2) is 30.3 Å². The van der Waals surface area contributed by atoms with Gasteiger partial charge in [-0.3, -0.25) is 14.5 Å². The molecule has 3 fully saturated rings. The first kappa shape index (κ1) is 19.9. The highest BCUT2D eigenvalue weighted by Crippen LogP contribution is 2.54. The third-order valence-corrected chi connectivity index (χ3v) is 6.91. The standard InChI is InChI=1S/C23H31N3O3/c1-2-14-26-22(28)18(24-23(26)29)12-13-19(27)25-21-17-11-7-6-10-16(17)20(21)15-8-4-3-5-9-15/h3-5,8-9,16-18,20-21H,2,6-7,10-14H2,1H3,(H,24,29)(H,25,27)/t16-,17+,18-,20+,21+/m1/s1. The van der Waals surface area contributed by atoms with Crippen LogP contribution in [0.3, 0.4) is 0 Å². The highest BCUT2D eigenvalue weighted by Gasteiger charge is 2.51. The van der Waals surface area contributed by atoms with Gasteiger partial charge in [-0.2, -0.15) is 0 Å². The number of fused-ring (bicyclic) bond motifs is 1. The summed E-state index contributed by atoms with van der Waals surface area (Å²) < 4.78 is 0. The van der Waals surface area contributed by atoms with Crippen LogP contribution in [0.4, 0.5) is 4.79 Å². The van der Waals surface area contributed by atoms with Crippen molar-refractivity contribution in [1.82, 2.24) is 15.5 Å². The van der Waals surface area contributed by atoms with E-state index in [1.807, 2.05) is 13.0 Å². The topological polar surface area (TPSA) is 78.5 Å². The second kappa shape index (κ2) is 8.56. The molecule has 0 radical (unpaired) electrons. The van der Waals surface area contributed by atoms with Crippen LogP contribution in [0.2, 0.25) is 0 Å². The molecule has 4 amide bonds.